The molecular weight excluding hydrogens is 324 g/mol. The van der Waals surface area contributed by atoms with Crippen LogP contribution in [0.25, 0.3) is 0 Å². The van der Waals surface area contributed by atoms with Crippen LogP contribution in [0.5, 0.6) is 0 Å². The van der Waals surface area contributed by atoms with Gasteiger partial charge in [0.25, 0.3) is 0 Å². The first-order valence-electron chi connectivity index (χ1n) is 8.24. The van der Waals surface area contributed by atoms with E-state index < -0.39 is 0 Å². The van der Waals surface area contributed by atoms with E-state index in [1.54, 1.807) is 16.0 Å². The molecule has 0 unspecified atom stereocenters. The second-order valence-electron chi connectivity index (χ2n) is 6.31. The van der Waals surface area contributed by atoms with Gasteiger partial charge >= 0.3 is 6.03 Å². The van der Waals surface area contributed by atoms with Crippen molar-refractivity contribution in [2.24, 2.45) is 7.05 Å². The van der Waals surface area contributed by atoms with Crippen LogP contribution in [0, 0.1) is 6.92 Å². The monoisotopic (exact) mass is 348 g/mol. The number of carbonyl (C=O) groups excluding carboxylic acids is 1. The highest BCUT2D eigenvalue weighted by atomic mass is 32.1. The maximum absolute atomic E-state index is 12.3. The SMILES string of the molecule is Cc1cnc([C@H](C)NC(=O)N[C@H]2CCCN(c3cnn(C)c3)C2)s1. The largest absolute Gasteiger partial charge is 0.367 e. The topological polar surface area (TPSA) is 75.1 Å². The molecule has 24 heavy (non-hydrogen) atoms. The van der Waals surface area contributed by atoms with Gasteiger partial charge in [-0.25, -0.2) is 9.78 Å². The summed E-state index contributed by atoms with van der Waals surface area (Å²) in [5.74, 6) is 0. The summed E-state index contributed by atoms with van der Waals surface area (Å²) in [7, 11) is 1.92. The lowest BCUT2D eigenvalue weighted by atomic mass is 10.1. The van der Waals surface area contributed by atoms with Crippen molar-refractivity contribution >= 4 is 23.1 Å². The van der Waals surface area contributed by atoms with E-state index in [1.165, 1.54) is 0 Å². The minimum atomic E-state index is -0.131. The number of urea groups is 1. The minimum Gasteiger partial charge on any atom is -0.367 e. The lowest BCUT2D eigenvalue weighted by molar-refractivity contribution is 0.232. The fourth-order valence-electron chi connectivity index (χ4n) is 2.96. The summed E-state index contributed by atoms with van der Waals surface area (Å²) >= 11 is 1.61. The molecule has 2 aromatic heterocycles. The normalized spacial score (nSPS) is 19.1. The summed E-state index contributed by atoms with van der Waals surface area (Å²) in [6, 6.07) is -0.0701. The Morgan fingerprint density at radius 1 is 1.46 bits per heavy atom. The van der Waals surface area contributed by atoms with Gasteiger partial charge in [-0.1, -0.05) is 0 Å². The molecule has 0 bridgehead atoms. The number of rotatable bonds is 4. The Morgan fingerprint density at radius 3 is 2.96 bits per heavy atom. The van der Waals surface area contributed by atoms with E-state index in [1.807, 2.05) is 39.5 Å². The predicted molar refractivity (Wildman–Crippen MR) is 95.4 cm³/mol. The molecule has 0 aliphatic carbocycles. The van der Waals surface area contributed by atoms with E-state index in [9.17, 15) is 4.79 Å². The van der Waals surface area contributed by atoms with Gasteiger partial charge in [0.2, 0.25) is 0 Å². The fourth-order valence-corrected chi connectivity index (χ4v) is 3.74. The summed E-state index contributed by atoms with van der Waals surface area (Å²) in [6.07, 6.45) is 7.77. The van der Waals surface area contributed by atoms with Crippen molar-refractivity contribution in [1.29, 1.82) is 0 Å². The van der Waals surface area contributed by atoms with Crippen molar-refractivity contribution in [3.8, 4) is 0 Å². The van der Waals surface area contributed by atoms with Crippen LogP contribution in [0.2, 0.25) is 0 Å². The standard InChI is InChI=1S/C16H24N6OS/c1-11-7-17-15(24-11)12(2)19-16(23)20-13-5-4-6-22(9-13)14-8-18-21(3)10-14/h7-8,10,12-13H,4-6,9H2,1-3H3,(H2,19,20,23)/t12-,13-/m0/s1. The summed E-state index contributed by atoms with van der Waals surface area (Å²) in [5, 5.41) is 11.2. The third-order valence-corrected chi connectivity index (χ3v) is 5.27. The molecule has 1 fully saturated rings. The zero-order valence-corrected chi connectivity index (χ0v) is 15.1. The maximum Gasteiger partial charge on any atom is 0.315 e. The molecule has 0 aromatic carbocycles. The first-order valence-corrected chi connectivity index (χ1v) is 9.06. The molecule has 130 valence electrons. The Balaban J connectivity index is 1.52. The number of carbonyl (C=O) groups is 1. The molecule has 1 saturated heterocycles. The Kier molecular flexibility index (Phi) is 5.03. The number of piperidine rings is 1. The molecule has 3 rings (SSSR count). The molecule has 1 aliphatic rings. The van der Waals surface area contributed by atoms with E-state index >= 15 is 0 Å². The van der Waals surface area contributed by atoms with Gasteiger partial charge in [-0.05, 0) is 26.7 Å². The van der Waals surface area contributed by atoms with Crippen molar-refractivity contribution in [3.63, 3.8) is 0 Å². The van der Waals surface area contributed by atoms with Crippen LogP contribution in [0.1, 0.15) is 35.7 Å². The second-order valence-corrected chi connectivity index (χ2v) is 7.57. The van der Waals surface area contributed by atoms with Gasteiger partial charge in [-0.2, -0.15) is 5.10 Å². The van der Waals surface area contributed by atoms with Crippen LogP contribution in [-0.2, 0) is 7.05 Å². The predicted octanol–water partition coefficient (Wildman–Crippen LogP) is 2.21. The number of thiazole rings is 1. The summed E-state index contributed by atoms with van der Waals surface area (Å²) in [4.78, 5) is 20.0. The van der Waals surface area contributed by atoms with Crippen LogP contribution in [0.4, 0.5) is 10.5 Å². The van der Waals surface area contributed by atoms with E-state index in [2.05, 4.69) is 25.6 Å². The Hall–Kier alpha value is -2.09. The molecule has 2 N–H and O–H groups in total. The molecular formula is C16H24N6OS. The number of nitrogens with zero attached hydrogens (tertiary/aromatic N) is 4. The summed E-state index contributed by atoms with van der Waals surface area (Å²) in [6.45, 7) is 5.79. The number of hydrogen-bond acceptors (Lipinski definition) is 5. The van der Waals surface area contributed by atoms with Crippen LogP contribution >= 0.6 is 11.3 Å². The molecule has 0 spiro atoms. The van der Waals surface area contributed by atoms with Crippen molar-refractivity contribution in [2.45, 2.75) is 38.8 Å². The van der Waals surface area contributed by atoms with Gasteiger partial charge in [0.05, 0.1) is 17.9 Å². The Bertz CT molecular complexity index is 696. The van der Waals surface area contributed by atoms with Gasteiger partial charge in [0.1, 0.15) is 5.01 Å². The van der Waals surface area contributed by atoms with Gasteiger partial charge in [0, 0.05) is 43.4 Å². The number of anilines is 1. The number of aryl methyl sites for hydroxylation is 2. The van der Waals surface area contributed by atoms with Gasteiger partial charge < -0.3 is 15.5 Å². The summed E-state index contributed by atoms with van der Waals surface area (Å²) in [5.41, 5.74) is 1.11. The maximum atomic E-state index is 12.3. The number of nitrogens with one attached hydrogen (secondary N) is 2. The number of amides is 2. The lowest BCUT2D eigenvalue weighted by Gasteiger charge is -2.34. The van der Waals surface area contributed by atoms with Gasteiger partial charge in [-0.15, -0.1) is 11.3 Å². The van der Waals surface area contributed by atoms with Gasteiger partial charge in [-0.3, -0.25) is 4.68 Å². The molecule has 2 amide bonds. The zero-order valence-electron chi connectivity index (χ0n) is 14.3. The highest BCUT2D eigenvalue weighted by Crippen LogP contribution is 2.20. The molecule has 8 heteroatoms. The number of hydrogen-bond donors (Lipinski definition) is 2. The second kappa shape index (κ2) is 7.21. The van der Waals surface area contributed by atoms with Crippen molar-refractivity contribution < 1.29 is 4.79 Å². The molecule has 1 aliphatic heterocycles. The van der Waals surface area contributed by atoms with Crippen molar-refractivity contribution in [3.05, 3.63) is 28.5 Å². The summed E-state index contributed by atoms with van der Waals surface area (Å²) < 4.78 is 1.80. The fraction of sp³-hybridized carbons (Fsp3) is 0.562. The van der Waals surface area contributed by atoms with Crippen molar-refractivity contribution in [2.75, 3.05) is 18.0 Å². The molecule has 7 nitrogen and oxygen atoms in total. The van der Waals surface area contributed by atoms with E-state index in [0.717, 1.165) is 41.5 Å². The molecule has 0 saturated carbocycles. The minimum absolute atomic E-state index is 0.0817. The average Bonchev–Trinajstić information content (AvgIpc) is 3.16. The van der Waals surface area contributed by atoms with Crippen molar-refractivity contribution in [1.82, 2.24) is 25.4 Å². The first kappa shape index (κ1) is 16.8. The Labute approximate surface area is 146 Å². The molecule has 0 radical (unpaired) electrons. The lowest BCUT2D eigenvalue weighted by Crippen LogP contribution is -2.50. The van der Waals surface area contributed by atoms with Crippen LogP contribution in [0.3, 0.4) is 0 Å². The zero-order chi connectivity index (χ0) is 17.1. The molecule has 3 heterocycles. The number of aromatic nitrogens is 3. The van der Waals surface area contributed by atoms with E-state index in [0.29, 0.717) is 0 Å². The third kappa shape index (κ3) is 4.05. The van der Waals surface area contributed by atoms with Gasteiger partial charge in [0.15, 0.2) is 0 Å². The van der Waals surface area contributed by atoms with Crippen LogP contribution in [0.15, 0.2) is 18.6 Å². The van der Waals surface area contributed by atoms with Crippen LogP contribution < -0.4 is 15.5 Å². The highest BCUT2D eigenvalue weighted by molar-refractivity contribution is 7.11. The molecule has 2 aromatic rings. The van der Waals surface area contributed by atoms with Crippen LogP contribution in [-0.4, -0.2) is 39.9 Å². The Morgan fingerprint density at radius 2 is 2.29 bits per heavy atom. The van der Waals surface area contributed by atoms with E-state index in [-0.39, 0.29) is 18.1 Å². The quantitative estimate of drug-likeness (QED) is 0.888. The first-order chi connectivity index (χ1) is 11.5. The molecule has 2 atom stereocenters. The third-order valence-electron chi connectivity index (χ3n) is 4.17. The smallest absolute Gasteiger partial charge is 0.315 e. The average molecular weight is 348 g/mol. The van der Waals surface area contributed by atoms with E-state index in [4.69, 9.17) is 0 Å². The highest BCUT2D eigenvalue weighted by Gasteiger charge is 2.23.